The number of nitrogens with two attached hydrogens (primary N) is 1. The van der Waals surface area contributed by atoms with Crippen LogP contribution >= 0.6 is 15.9 Å². The predicted molar refractivity (Wildman–Crippen MR) is 121 cm³/mol. The van der Waals surface area contributed by atoms with E-state index in [0.29, 0.717) is 17.4 Å². The fourth-order valence-corrected chi connectivity index (χ4v) is 3.23. The van der Waals surface area contributed by atoms with Gasteiger partial charge < -0.3 is 5.73 Å². The summed E-state index contributed by atoms with van der Waals surface area (Å²) in [5, 5.41) is 0. The van der Waals surface area contributed by atoms with Gasteiger partial charge in [0.2, 0.25) is 0 Å². The van der Waals surface area contributed by atoms with Crippen LogP contribution in [0.4, 0.5) is 0 Å². The Kier molecular flexibility index (Phi) is 6.04. The molecule has 5 heteroatoms. The van der Waals surface area contributed by atoms with Crippen LogP contribution in [0.5, 0.6) is 0 Å². The van der Waals surface area contributed by atoms with Crippen LogP contribution in [0.2, 0.25) is 0 Å². The molecule has 0 amide bonds. The molecule has 132 valence electrons. The molecule has 0 saturated heterocycles. The van der Waals surface area contributed by atoms with Crippen LogP contribution in [-0.4, -0.2) is 19.5 Å². The first-order valence-corrected chi connectivity index (χ1v) is 9.32. The Morgan fingerprint density at radius 1 is 0.815 bits per heavy atom. The lowest BCUT2D eigenvalue weighted by atomic mass is 9.94. The topological polar surface area (TPSA) is 50.7 Å². The summed E-state index contributed by atoms with van der Waals surface area (Å²) in [7, 11) is 2.02. The van der Waals surface area contributed by atoms with E-state index in [1.807, 2.05) is 86.7 Å². The minimum atomic E-state index is 0.405. The quantitative estimate of drug-likeness (QED) is 0.395. The molecule has 0 aliphatic heterocycles. The number of amidine groups is 2. The van der Waals surface area contributed by atoms with E-state index in [4.69, 9.17) is 5.73 Å². The highest BCUT2D eigenvalue weighted by Gasteiger charge is 2.08. The highest BCUT2D eigenvalue weighted by atomic mass is 79.9. The average molecular weight is 416 g/mol. The Balaban J connectivity index is 2.05. The molecule has 0 aliphatic carbocycles. The first-order valence-electron chi connectivity index (χ1n) is 8.53. The van der Waals surface area contributed by atoms with Crippen molar-refractivity contribution in [3.63, 3.8) is 0 Å². The number of halogens is 1. The number of aliphatic imine (C=N–C) groups is 2. The van der Waals surface area contributed by atoms with Crippen molar-refractivity contribution in [3.8, 4) is 0 Å². The van der Waals surface area contributed by atoms with Crippen molar-refractivity contribution in [1.29, 1.82) is 0 Å². The van der Waals surface area contributed by atoms with Crippen molar-refractivity contribution in [2.24, 2.45) is 15.7 Å². The second-order valence-electron chi connectivity index (χ2n) is 6.13. The Morgan fingerprint density at radius 2 is 1.41 bits per heavy atom. The van der Waals surface area contributed by atoms with Gasteiger partial charge in [0.1, 0.15) is 13.7 Å². The minimum absolute atomic E-state index is 0.405. The van der Waals surface area contributed by atoms with E-state index in [2.05, 4.69) is 32.5 Å². The molecular weight excluding hydrogens is 397 g/mol. The summed E-state index contributed by atoms with van der Waals surface area (Å²) in [6.45, 7) is 4.09. The smallest absolute Gasteiger partial charge is 0.162 e. The first-order chi connectivity index (χ1) is 13.0. The molecule has 0 heterocycles. The highest BCUT2D eigenvalue weighted by molar-refractivity contribution is 9.10. The molecule has 0 spiro atoms. The molecule has 3 nitrogen and oxygen atoms in total. The number of hydrogen-bond donors (Lipinski definition) is 1. The molecule has 0 saturated carbocycles. The predicted octanol–water partition coefficient (Wildman–Crippen LogP) is 3.53. The van der Waals surface area contributed by atoms with Gasteiger partial charge in [-0.1, -0.05) is 101 Å². The number of nitrogens with zero attached hydrogens (tertiary/aromatic N) is 2. The summed E-state index contributed by atoms with van der Waals surface area (Å²) in [6.07, 6.45) is 0. The zero-order valence-electron chi connectivity index (χ0n) is 15.1. The molecule has 0 bridgehead atoms. The lowest BCUT2D eigenvalue weighted by molar-refractivity contribution is 1.43. The molecule has 0 fully saturated rings. The van der Waals surface area contributed by atoms with Gasteiger partial charge >= 0.3 is 0 Å². The van der Waals surface area contributed by atoms with Crippen LogP contribution in [0.3, 0.4) is 0 Å². The molecule has 0 atom stereocenters. The zero-order chi connectivity index (χ0) is 19.2. The maximum atomic E-state index is 6.30. The minimum Gasteiger partial charge on any atom is -0.383 e. The van der Waals surface area contributed by atoms with Gasteiger partial charge in [-0.2, -0.15) is 0 Å². The first kappa shape index (κ1) is 18.9. The maximum Gasteiger partial charge on any atom is 0.162 e. The normalized spacial score (nSPS) is 12.0. The lowest BCUT2D eigenvalue weighted by Crippen LogP contribution is -2.18. The maximum absolute atomic E-state index is 6.30. The SMILES string of the molecule is Bc1cc(Br)cc(/C(N)=N/C(=N\C(=C)c2ccccc2)c2ccccc2)c1. The molecule has 2 N–H and O–H groups in total. The van der Waals surface area contributed by atoms with Gasteiger partial charge in [0.15, 0.2) is 5.84 Å². The third-order valence-electron chi connectivity index (χ3n) is 3.94. The van der Waals surface area contributed by atoms with Crippen molar-refractivity contribution >= 4 is 46.6 Å². The van der Waals surface area contributed by atoms with Crippen LogP contribution in [0.25, 0.3) is 5.70 Å². The van der Waals surface area contributed by atoms with Crippen LogP contribution < -0.4 is 11.2 Å². The van der Waals surface area contributed by atoms with E-state index < -0.39 is 0 Å². The van der Waals surface area contributed by atoms with Crippen LogP contribution in [0.1, 0.15) is 16.7 Å². The average Bonchev–Trinajstić information content (AvgIpc) is 2.68. The largest absolute Gasteiger partial charge is 0.383 e. The molecular formula is C22H19BBrN3. The summed E-state index contributed by atoms with van der Waals surface area (Å²) in [5.41, 5.74) is 10.7. The summed E-state index contributed by atoms with van der Waals surface area (Å²) < 4.78 is 0.961. The third kappa shape index (κ3) is 5.05. The van der Waals surface area contributed by atoms with Crippen LogP contribution in [0, 0.1) is 0 Å². The van der Waals surface area contributed by atoms with Crippen LogP contribution in [0.15, 0.2) is 99.9 Å². The lowest BCUT2D eigenvalue weighted by Gasteiger charge is -2.08. The molecule has 0 aromatic heterocycles. The standard InChI is InChI=1S/C22H19BBrN3/c1-15(16-8-4-2-5-9-16)26-22(17-10-6-3-7-11-17)27-21(25)18-12-19(23)14-20(24)13-18/h2-14H,1,23H2,(H2,25,26,27). The highest BCUT2D eigenvalue weighted by Crippen LogP contribution is 2.16. The second kappa shape index (κ2) is 8.65. The Bertz CT molecular complexity index is 992. The van der Waals surface area contributed by atoms with Crippen molar-refractivity contribution in [3.05, 3.63) is 107 Å². The van der Waals surface area contributed by atoms with Gasteiger partial charge in [-0.05, 0) is 11.6 Å². The Morgan fingerprint density at radius 3 is 2.00 bits per heavy atom. The van der Waals surface area contributed by atoms with Gasteiger partial charge in [-0.3, -0.25) is 0 Å². The molecule has 0 radical (unpaired) electrons. The zero-order valence-corrected chi connectivity index (χ0v) is 16.6. The number of rotatable bonds is 4. The fourth-order valence-electron chi connectivity index (χ4n) is 2.63. The van der Waals surface area contributed by atoms with Crippen molar-refractivity contribution < 1.29 is 0 Å². The van der Waals surface area contributed by atoms with Gasteiger partial charge in [0.05, 0.1) is 5.70 Å². The van der Waals surface area contributed by atoms with E-state index >= 15 is 0 Å². The summed E-state index contributed by atoms with van der Waals surface area (Å²) in [5.74, 6) is 0.933. The van der Waals surface area contributed by atoms with E-state index in [9.17, 15) is 0 Å². The second-order valence-corrected chi connectivity index (χ2v) is 7.04. The van der Waals surface area contributed by atoms with Gasteiger partial charge in [-0.25, -0.2) is 9.98 Å². The van der Waals surface area contributed by atoms with Crippen LogP contribution in [-0.2, 0) is 0 Å². The fraction of sp³-hybridized carbons (Fsp3) is 0. The third-order valence-corrected chi connectivity index (χ3v) is 4.40. The Labute approximate surface area is 168 Å². The number of hydrogen-bond acceptors (Lipinski definition) is 1. The van der Waals surface area contributed by atoms with Gasteiger partial charge in [0.25, 0.3) is 0 Å². The molecule has 0 unspecified atom stereocenters. The Hall–Kier alpha value is -2.92. The monoisotopic (exact) mass is 415 g/mol. The molecule has 27 heavy (non-hydrogen) atoms. The van der Waals surface area contributed by atoms with Gasteiger partial charge in [0, 0.05) is 15.6 Å². The molecule has 3 aromatic carbocycles. The van der Waals surface area contributed by atoms with E-state index in [-0.39, 0.29) is 0 Å². The van der Waals surface area contributed by atoms with E-state index in [1.165, 1.54) is 0 Å². The van der Waals surface area contributed by atoms with Crippen molar-refractivity contribution in [2.75, 3.05) is 0 Å². The van der Waals surface area contributed by atoms with Crippen molar-refractivity contribution in [1.82, 2.24) is 0 Å². The molecule has 3 rings (SSSR count). The van der Waals surface area contributed by atoms with Gasteiger partial charge in [-0.15, -0.1) is 0 Å². The summed E-state index contributed by atoms with van der Waals surface area (Å²) in [4.78, 5) is 9.30. The molecule has 0 aliphatic rings. The summed E-state index contributed by atoms with van der Waals surface area (Å²) in [6, 6.07) is 25.6. The van der Waals surface area contributed by atoms with Crippen molar-refractivity contribution in [2.45, 2.75) is 0 Å². The number of benzene rings is 3. The van der Waals surface area contributed by atoms with E-state index in [0.717, 1.165) is 26.6 Å². The van der Waals surface area contributed by atoms with E-state index in [1.54, 1.807) is 0 Å². The summed E-state index contributed by atoms with van der Waals surface area (Å²) >= 11 is 3.51. The molecule has 3 aromatic rings.